The van der Waals surface area contributed by atoms with Crippen molar-refractivity contribution in [1.82, 2.24) is 10.2 Å². The van der Waals surface area contributed by atoms with E-state index in [4.69, 9.17) is 0 Å². The zero-order valence-electron chi connectivity index (χ0n) is 8.86. The van der Waals surface area contributed by atoms with Crippen molar-refractivity contribution in [2.24, 2.45) is 0 Å². The van der Waals surface area contributed by atoms with E-state index < -0.39 is 0 Å². The Labute approximate surface area is 89.9 Å². The third-order valence-corrected chi connectivity index (χ3v) is 4.05. The molecule has 1 N–H and O–H groups in total. The van der Waals surface area contributed by atoms with E-state index in [9.17, 15) is 0 Å². The Hall–Kier alpha value is -0.380. The SMILES string of the molecule is C[C@@H]1CNCCN1[C@@H](C)c1cccs1. The lowest BCUT2D eigenvalue weighted by molar-refractivity contribution is 0.128. The lowest BCUT2D eigenvalue weighted by Gasteiger charge is -2.38. The van der Waals surface area contributed by atoms with Gasteiger partial charge in [0.05, 0.1) is 0 Å². The zero-order chi connectivity index (χ0) is 9.97. The second-order valence-corrected chi connectivity index (χ2v) is 4.96. The first kappa shape index (κ1) is 10.1. The van der Waals surface area contributed by atoms with E-state index >= 15 is 0 Å². The maximum atomic E-state index is 3.43. The minimum Gasteiger partial charge on any atom is -0.314 e. The molecule has 0 aliphatic carbocycles. The van der Waals surface area contributed by atoms with Crippen molar-refractivity contribution in [1.29, 1.82) is 0 Å². The normalized spacial score (nSPS) is 26.3. The fraction of sp³-hybridized carbons (Fsp3) is 0.636. The van der Waals surface area contributed by atoms with Gasteiger partial charge in [-0.3, -0.25) is 4.90 Å². The molecule has 1 aliphatic heterocycles. The van der Waals surface area contributed by atoms with Crippen molar-refractivity contribution >= 4 is 11.3 Å². The fourth-order valence-electron chi connectivity index (χ4n) is 2.12. The summed E-state index contributed by atoms with van der Waals surface area (Å²) in [6, 6.07) is 5.61. The average molecular weight is 210 g/mol. The molecule has 1 aromatic rings. The second-order valence-electron chi connectivity index (χ2n) is 3.98. The van der Waals surface area contributed by atoms with Crippen LogP contribution in [0.2, 0.25) is 0 Å². The van der Waals surface area contributed by atoms with Gasteiger partial charge in [0.15, 0.2) is 0 Å². The Kier molecular flexibility index (Phi) is 3.21. The summed E-state index contributed by atoms with van der Waals surface area (Å²) in [6.07, 6.45) is 0. The number of nitrogens with one attached hydrogen (secondary N) is 1. The van der Waals surface area contributed by atoms with E-state index in [-0.39, 0.29) is 0 Å². The molecule has 1 saturated heterocycles. The Morgan fingerprint density at radius 1 is 1.64 bits per heavy atom. The van der Waals surface area contributed by atoms with Gasteiger partial charge in [-0.25, -0.2) is 0 Å². The van der Waals surface area contributed by atoms with Crippen LogP contribution in [0.15, 0.2) is 17.5 Å². The van der Waals surface area contributed by atoms with Crippen molar-refractivity contribution in [3.63, 3.8) is 0 Å². The summed E-state index contributed by atoms with van der Waals surface area (Å²) in [5.41, 5.74) is 0. The molecule has 0 spiro atoms. The molecule has 2 nitrogen and oxygen atoms in total. The molecule has 1 fully saturated rings. The maximum absolute atomic E-state index is 3.43. The minimum absolute atomic E-state index is 0.576. The Morgan fingerprint density at radius 2 is 2.50 bits per heavy atom. The molecule has 14 heavy (non-hydrogen) atoms. The molecule has 2 heterocycles. The van der Waals surface area contributed by atoms with Crippen molar-refractivity contribution in [3.05, 3.63) is 22.4 Å². The number of hydrogen-bond acceptors (Lipinski definition) is 3. The van der Waals surface area contributed by atoms with Crippen LogP contribution in [0.4, 0.5) is 0 Å². The number of rotatable bonds is 2. The maximum Gasteiger partial charge on any atom is 0.0417 e. The summed E-state index contributed by atoms with van der Waals surface area (Å²) >= 11 is 1.86. The quantitative estimate of drug-likeness (QED) is 0.804. The summed E-state index contributed by atoms with van der Waals surface area (Å²) in [5, 5.41) is 5.59. The van der Waals surface area contributed by atoms with Gasteiger partial charge in [0.2, 0.25) is 0 Å². The fourth-order valence-corrected chi connectivity index (χ4v) is 2.93. The first-order chi connectivity index (χ1) is 6.79. The highest BCUT2D eigenvalue weighted by Crippen LogP contribution is 2.26. The largest absolute Gasteiger partial charge is 0.314 e. The standard InChI is InChI=1S/C11H18N2S/c1-9-8-12-5-6-13(9)10(2)11-4-3-7-14-11/h3-4,7,9-10,12H,5-6,8H2,1-2H3/t9-,10+/m1/s1. The molecule has 2 atom stereocenters. The molecule has 0 unspecified atom stereocenters. The van der Waals surface area contributed by atoms with Gasteiger partial charge in [-0.2, -0.15) is 0 Å². The summed E-state index contributed by atoms with van der Waals surface area (Å²) in [4.78, 5) is 4.07. The molecule has 0 radical (unpaired) electrons. The molecule has 0 amide bonds. The van der Waals surface area contributed by atoms with Crippen LogP contribution in [0.25, 0.3) is 0 Å². The number of nitrogens with zero attached hydrogens (tertiary/aromatic N) is 1. The molecule has 78 valence electrons. The molecular formula is C11H18N2S. The monoisotopic (exact) mass is 210 g/mol. The van der Waals surface area contributed by atoms with Gasteiger partial charge >= 0.3 is 0 Å². The highest BCUT2D eigenvalue weighted by atomic mass is 32.1. The summed E-state index contributed by atoms with van der Waals surface area (Å²) in [5.74, 6) is 0. The zero-order valence-corrected chi connectivity index (χ0v) is 9.68. The molecule has 0 aromatic carbocycles. The Morgan fingerprint density at radius 3 is 3.14 bits per heavy atom. The van der Waals surface area contributed by atoms with Gasteiger partial charge in [0, 0.05) is 36.6 Å². The van der Waals surface area contributed by atoms with Crippen LogP contribution in [0, 0.1) is 0 Å². The van der Waals surface area contributed by atoms with E-state index in [2.05, 4.69) is 41.6 Å². The van der Waals surface area contributed by atoms with E-state index in [1.807, 2.05) is 11.3 Å². The van der Waals surface area contributed by atoms with E-state index in [1.165, 1.54) is 11.4 Å². The Balaban J connectivity index is 2.06. The van der Waals surface area contributed by atoms with Crippen LogP contribution < -0.4 is 5.32 Å². The summed E-state index contributed by atoms with van der Waals surface area (Å²) in [6.45, 7) is 8.03. The molecule has 2 rings (SSSR count). The van der Waals surface area contributed by atoms with Gasteiger partial charge < -0.3 is 5.32 Å². The molecule has 1 aromatic heterocycles. The van der Waals surface area contributed by atoms with Crippen molar-refractivity contribution in [2.75, 3.05) is 19.6 Å². The van der Waals surface area contributed by atoms with Crippen LogP contribution >= 0.6 is 11.3 Å². The Bertz CT molecular complexity index is 271. The molecule has 0 saturated carbocycles. The van der Waals surface area contributed by atoms with Crippen LogP contribution in [-0.2, 0) is 0 Å². The predicted molar refractivity (Wildman–Crippen MR) is 61.8 cm³/mol. The lowest BCUT2D eigenvalue weighted by Crippen LogP contribution is -2.50. The topological polar surface area (TPSA) is 15.3 Å². The van der Waals surface area contributed by atoms with Gasteiger partial charge in [0.1, 0.15) is 0 Å². The number of hydrogen-bond donors (Lipinski definition) is 1. The van der Waals surface area contributed by atoms with Crippen LogP contribution in [-0.4, -0.2) is 30.6 Å². The van der Waals surface area contributed by atoms with Crippen LogP contribution in [0.3, 0.4) is 0 Å². The van der Waals surface area contributed by atoms with Crippen molar-refractivity contribution < 1.29 is 0 Å². The van der Waals surface area contributed by atoms with Crippen LogP contribution in [0.1, 0.15) is 24.8 Å². The summed E-state index contributed by atoms with van der Waals surface area (Å²) in [7, 11) is 0. The van der Waals surface area contributed by atoms with Crippen molar-refractivity contribution in [3.8, 4) is 0 Å². The van der Waals surface area contributed by atoms with Crippen molar-refractivity contribution in [2.45, 2.75) is 25.9 Å². The first-order valence-electron chi connectivity index (χ1n) is 5.29. The highest BCUT2D eigenvalue weighted by molar-refractivity contribution is 7.10. The smallest absolute Gasteiger partial charge is 0.0417 e. The highest BCUT2D eigenvalue weighted by Gasteiger charge is 2.24. The third-order valence-electron chi connectivity index (χ3n) is 3.01. The first-order valence-corrected chi connectivity index (χ1v) is 6.17. The molecule has 1 aliphatic rings. The number of piperazine rings is 1. The molecule has 0 bridgehead atoms. The van der Waals surface area contributed by atoms with Gasteiger partial charge in [0.25, 0.3) is 0 Å². The van der Waals surface area contributed by atoms with E-state index in [0.717, 1.165) is 13.1 Å². The van der Waals surface area contributed by atoms with Gasteiger partial charge in [-0.1, -0.05) is 6.07 Å². The molecule has 3 heteroatoms. The van der Waals surface area contributed by atoms with Gasteiger partial charge in [-0.05, 0) is 25.3 Å². The summed E-state index contributed by atoms with van der Waals surface area (Å²) < 4.78 is 0. The van der Waals surface area contributed by atoms with Gasteiger partial charge in [-0.15, -0.1) is 11.3 Å². The van der Waals surface area contributed by atoms with E-state index in [0.29, 0.717) is 12.1 Å². The number of thiophene rings is 1. The average Bonchev–Trinajstić information content (AvgIpc) is 2.70. The second kappa shape index (κ2) is 4.43. The molecular weight excluding hydrogens is 192 g/mol. The van der Waals surface area contributed by atoms with Crippen LogP contribution in [0.5, 0.6) is 0 Å². The third kappa shape index (κ3) is 2.00. The van der Waals surface area contributed by atoms with E-state index in [1.54, 1.807) is 0 Å². The lowest BCUT2D eigenvalue weighted by atomic mass is 10.1. The minimum atomic E-state index is 0.576. The predicted octanol–water partition coefficient (Wildman–Crippen LogP) is 2.10.